The first-order valence-electron chi connectivity index (χ1n) is 8.85. The number of nitrogens with zero attached hydrogens (tertiary/aromatic N) is 3. The Bertz CT molecular complexity index is 1000. The topological polar surface area (TPSA) is 105 Å². The molecule has 7 nitrogen and oxygen atoms in total. The zero-order valence-electron chi connectivity index (χ0n) is 15.8. The molecule has 7 heteroatoms. The Balaban J connectivity index is 1.82. The fraction of sp³-hybridized carbons (Fsp3) is 0.143. The summed E-state index contributed by atoms with van der Waals surface area (Å²) < 4.78 is 0. The van der Waals surface area contributed by atoms with Crippen molar-refractivity contribution < 1.29 is 4.79 Å². The Kier molecular flexibility index (Phi) is 5.96. The molecule has 0 saturated heterocycles. The highest BCUT2D eigenvalue weighted by molar-refractivity contribution is 6.01. The number of hydrogen-bond acceptors (Lipinski definition) is 6. The van der Waals surface area contributed by atoms with Gasteiger partial charge < -0.3 is 16.5 Å². The molecule has 0 aliphatic heterocycles. The molecular weight excluding hydrogens is 352 g/mol. The third-order valence-corrected chi connectivity index (χ3v) is 4.14. The summed E-state index contributed by atoms with van der Waals surface area (Å²) >= 11 is 0. The van der Waals surface area contributed by atoms with Crippen LogP contribution in [0.25, 0.3) is 11.3 Å². The summed E-state index contributed by atoms with van der Waals surface area (Å²) in [5.74, 6) is 0.152. The summed E-state index contributed by atoms with van der Waals surface area (Å²) in [5, 5.41) is 7.04. The first-order chi connectivity index (χ1) is 13.6. The molecule has 0 spiro atoms. The maximum absolute atomic E-state index is 12.5. The maximum Gasteiger partial charge on any atom is 0.251 e. The van der Waals surface area contributed by atoms with Crippen molar-refractivity contribution in [2.75, 3.05) is 12.8 Å². The molecule has 0 radical (unpaired) electrons. The Labute approximate surface area is 163 Å². The van der Waals surface area contributed by atoms with Gasteiger partial charge in [0.2, 0.25) is 0 Å². The molecule has 0 aliphatic carbocycles. The van der Waals surface area contributed by atoms with Crippen LogP contribution in [-0.4, -0.2) is 28.6 Å². The van der Waals surface area contributed by atoms with Crippen LogP contribution in [0, 0.1) is 0 Å². The van der Waals surface area contributed by atoms with Crippen LogP contribution in [0.15, 0.2) is 65.9 Å². The highest BCUT2D eigenvalue weighted by atomic mass is 16.1. The lowest BCUT2D eigenvalue weighted by Crippen LogP contribution is -2.22. The lowest BCUT2D eigenvalue weighted by molar-refractivity contribution is 0.0951. The number of carbonyl (C=O) groups excluding carboxylic acids is 1. The Morgan fingerprint density at radius 2 is 1.93 bits per heavy atom. The summed E-state index contributed by atoms with van der Waals surface area (Å²) in [4.78, 5) is 21.3. The first kappa shape index (κ1) is 19.0. The number of nitrogen functional groups attached to an aromatic ring is 1. The van der Waals surface area contributed by atoms with Gasteiger partial charge >= 0.3 is 0 Å². The summed E-state index contributed by atoms with van der Waals surface area (Å²) in [6.07, 6.45) is 1.59. The smallest absolute Gasteiger partial charge is 0.251 e. The molecule has 142 valence electrons. The summed E-state index contributed by atoms with van der Waals surface area (Å²) in [7, 11) is 1.70. The van der Waals surface area contributed by atoms with E-state index in [0.29, 0.717) is 35.0 Å². The third-order valence-electron chi connectivity index (χ3n) is 4.14. The molecule has 0 atom stereocenters. The second-order valence-electron chi connectivity index (χ2n) is 6.16. The number of carbonyl (C=O) groups is 1. The van der Waals surface area contributed by atoms with Gasteiger partial charge in [0.15, 0.2) is 5.82 Å². The van der Waals surface area contributed by atoms with Crippen LogP contribution in [0.4, 0.5) is 5.82 Å². The summed E-state index contributed by atoms with van der Waals surface area (Å²) in [6.45, 7) is 2.27. The van der Waals surface area contributed by atoms with Gasteiger partial charge in [-0.15, -0.1) is 0 Å². The van der Waals surface area contributed by atoms with Crippen molar-refractivity contribution in [2.24, 2.45) is 5.10 Å². The van der Waals surface area contributed by atoms with Gasteiger partial charge in [-0.1, -0.05) is 42.5 Å². The van der Waals surface area contributed by atoms with Crippen LogP contribution in [0.3, 0.4) is 0 Å². The molecule has 3 aromatic rings. The monoisotopic (exact) mass is 374 g/mol. The van der Waals surface area contributed by atoms with Gasteiger partial charge in [0, 0.05) is 24.7 Å². The number of amides is 1. The van der Waals surface area contributed by atoms with E-state index in [-0.39, 0.29) is 5.91 Å². The Morgan fingerprint density at radius 1 is 1.14 bits per heavy atom. The summed E-state index contributed by atoms with van der Waals surface area (Å²) in [6, 6.07) is 17.0. The van der Waals surface area contributed by atoms with Crippen molar-refractivity contribution in [1.29, 1.82) is 0 Å². The number of nitrogens with one attached hydrogen (secondary N) is 2. The van der Waals surface area contributed by atoms with Crippen LogP contribution < -0.4 is 16.5 Å². The quantitative estimate of drug-likeness (QED) is 0.454. The molecular formula is C21H22N6O. The normalized spacial score (nSPS) is 11.1. The van der Waals surface area contributed by atoms with E-state index in [1.807, 2.05) is 42.5 Å². The van der Waals surface area contributed by atoms with Crippen LogP contribution >= 0.6 is 0 Å². The predicted molar refractivity (Wildman–Crippen MR) is 111 cm³/mol. The van der Waals surface area contributed by atoms with Crippen LogP contribution in [0.2, 0.25) is 0 Å². The number of benzene rings is 2. The van der Waals surface area contributed by atoms with Gasteiger partial charge in [0.25, 0.3) is 5.91 Å². The van der Waals surface area contributed by atoms with Gasteiger partial charge in [-0.25, -0.2) is 9.97 Å². The molecule has 0 bridgehead atoms. The van der Waals surface area contributed by atoms with Gasteiger partial charge in [0.1, 0.15) is 5.69 Å². The maximum atomic E-state index is 12.5. The number of hydrogen-bond donors (Lipinski definition) is 3. The molecule has 4 N–H and O–H groups in total. The lowest BCUT2D eigenvalue weighted by atomic mass is 10.1. The average Bonchev–Trinajstić information content (AvgIpc) is 2.73. The van der Waals surface area contributed by atoms with E-state index in [1.165, 1.54) is 0 Å². The SMILES string of the molecule is CN/N=C(\C)c1nc(-c2cccc(C(=O)NCc3ccccc3)c2)cnc1N. The van der Waals surface area contributed by atoms with Crippen molar-refractivity contribution in [3.05, 3.63) is 77.6 Å². The van der Waals surface area contributed by atoms with E-state index in [1.54, 1.807) is 32.3 Å². The molecule has 1 aromatic heterocycles. The molecule has 2 aromatic carbocycles. The van der Waals surface area contributed by atoms with Crippen LogP contribution in [0.1, 0.15) is 28.5 Å². The minimum absolute atomic E-state index is 0.151. The van der Waals surface area contributed by atoms with E-state index in [9.17, 15) is 4.79 Å². The number of rotatable bonds is 6. The molecule has 28 heavy (non-hydrogen) atoms. The zero-order valence-corrected chi connectivity index (χ0v) is 15.8. The Hall–Kier alpha value is -3.74. The molecule has 0 unspecified atom stereocenters. The predicted octanol–water partition coefficient (Wildman–Crippen LogP) is 2.60. The molecule has 0 fully saturated rings. The fourth-order valence-corrected chi connectivity index (χ4v) is 2.72. The largest absolute Gasteiger partial charge is 0.382 e. The number of hydrazone groups is 1. The van der Waals surface area contributed by atoms with Crippen molar-refractivity contribution in [3.8, 4) is 11.3 Å². The third kappa shape index (κ3) is 4.50. The standard InChI is InChI=1S/C21H22N6O/c1-14(27-23-2)19-20(22)24-13-18(26-19)16-9-6-10-17(11-16)21(28)25-12-15-7-4-3-5-8-15/h3-11,13,23H,12H2,1-2H3,(H2,22,24)(H,25,28)/b27-14+. The fourth-order valence-electron chi connectivity index (χ4n) is 2.72. The highest BCUT2D eigenvalue weighted by Gasteiger charge is 2.12. The Morgan fingerprint density at radius 3 is 2.68 bits per heavy atom. The van der Waals surface area contributed by atoms with Gasteiger partial charge in [-0.05, 0) is 24.6 Å². The van der Waals surface area contributed by atoms with Gasteiger partial charge in [-0.2, -0.15) is 5.10 Å². The van der Waals surface area contributed by atoms with E-state index in [2.05, 4.69) is 25.8 Å². The van der Waals surface area contributed by atoms with E-state index in [4.69, 9.17) is 5.73 Å². The zero-order chi connectivity index (χ0) is 19.9. The number of aromatic nitrogens is 2. The van der Waals surface area contributed by atoms with Crippen LogP contribution in [-0.2, 0) is 6.54 Å². The second-order valence-corrected chi connectivity index (χ2v) is 6.16. The van der Waals surface area contributed by atoms with Crippen molar-refractivity contribution >= 4 is 17.4 Å². The van der Waals surface area contributed by atoms with E-state index in [0.717, 1.165) is 11.1 Å². The van der Waals surface area contributed by atoms with Crippen molar-refractivity contribution in [1.82, 2.24) is 20.7 Å². The van der Waals surface area contributed by atoms with Gasteiger partial charge in [0.05, 0.1) is 17.6 Å². The molecule has 0 saturated carbocycles. The minimum atomic E-state index is -0.151. The minimum Gasteiger partial charge on any atom is -0.382 e. The molecule has 3 rings (SSSR count). The van der Waals surface area contributed by atoms with Crippen molar-refractivity contribution in [2.45, 2.75) is 13.5 Å². The van der Waals surface area contributed by atoms with E-state index < -0.39 is 0 Å². The molecule has 1 heterocycles. The first-order valence-corrected chi connectivity index (χ1v) is 8.85. The lowest BCUT2D eigenvalue weighted by Gasteiger charge is -2.09. The number of nitrogens with two attached hydrogens (primary N) is 1. The van der Waals surface area contributed by atoms with Gasteiger partial charge in [-0.3, -0.25) is 4.79 Å². The second kappa shape index (κ2) is 8.77. The average molecular weight is 374 g/mol. The number of anilines is 1. The highest BCUT2D eigenvalue weighted by Crippen LogP contribution is 2.20. The molecule has 0 aliphatic rings. The van der Waals surface area contributed by atoms with E-state index >= 15 is 0 Å². The van der Waals surface area contributed by atoms with Crippen molar-refractivity contribution in [3.63, 3.8) is 0 Å². The molecule has 1 amide bonds. The summed E-state index contributed by atoms with van der Waals surface area (Å²) in [5.41, 5.74) is 12.8. The van der Waals surface area contributed by atoms with Crippen LogP contribution in [0.5, 0.6) is 0 Å².